The summed E-state index contributed by atoms with van der Waals surface area (Å²) in [7, 11) is 24.3. The Morgan fingerprint density at radius 3 is 1.67 bits per heavy atom. The first-order chi connectivity index (χ1) is 8.50. The average molecular weight is 539 g/mol. The summed E-state index contributed by atoms with van der Waals surface area (Å²) in [5, 5.41) is 0. The molecule has 0 spiro atoms. The van der Waals surface area contributed by atoms with Crippen molar-refractivity contribution in [3.8, 4) is 0 Å². The molecule has 0 aromatic rings. The molecule has 1 unspecified atom stereocenters. The van der Waals surface area contributed by atoms with E-state index in [-0.39, 0.29) is 0 Å². The number of thiol groups is 1. The van der Waals surface area contributed by atoms with Gasteiger partial charge in [0.1, 0.15) is 0 Å². The average Bonchev–Trinajstić information content (AvgIpc) is 2.31. The van der Waals surface area contributed by atoms with Gasteiger partial charge in [0.15, 0.2) is 0 Å². The molecule has 106 valence electrons. The third-order valence-electron chi connectivity index (χ3n) is 0.719. The van der Waals surface area contributed by atoms with Gasteiger partial charge in [-0.25, -0.2) is 0 Å². The van der Waals surface area contributed by atoms with Crippen molar-refractivity contribution in [2.45, 2.75) is 0 Å². The Kier molecular flexibility index (Phi) is 20.6. The van der Waals surface area contributed by atoms with Gasteiger partial charge in [0.05, 0.1) is 0 Å². The minimum absolute atomic E-state index is 0.680. The van der Waals surface area contributed by atoms with Crippen LogP contribution in [0.3, 0.4) is 0 Å². The van der Waals surface area contributed by atoms with Crippen molar-refractivity contribution < 1.29 is 0 Å². The summed E-state index contributed by atoms with van der Waals surface area (Å²) in [5.74, 6) is -1.49. The van der Waals surface area contributed by atoms with Crippen molar-refractivity contribution >= 4 is 161 Å². The molecule has 0 N–H and O–H groups in total. The van der Waals surface area contributed by atoms with E-state index in [1.807, 2.05) is 6.66 Å². The molecule has 0 nitrogen and oxygen atoms in total. The summed E-state index contributed by atoms with van der Waals surface area (Å²) in [5.41, 5.74) is 0. The molecule has 0 saturated carbocycles. The second-order valence-corrected chi connectivity index (χ2v) is 35.3. The number of hydrogen-bond acceptors (Lipinski definition) is 14. The van der Waals surface area contributed by atoms with Gasteiger partial charge in [-0.05, 0) is 9.83 Å². The summed E-state index contributed by atoms with van der Waals surface area (Å²) < 4.78 is 0. The maximum atomic E-state index is 5.81. The summed E-state index contributed by atoms with van der Waals surface area (Å²) in [6, 6.07) is 0. The zero-order chi connectivity index (χ0) is 13.9. The maximum absolute atomic E-state index is 5.81. The van der Waals surface area contributed by atoms with Gasteiger partial charge in [0.25, 0.3) is 0 Å². The zero-order valence-corrected chi connectivity index (χ0v) is 21.4. The Balaban J connectivity index is 3.30. The molecule has 0 rings (SSSR count). The SMILES string of the molecule is B#P(C)S(=S)(=S)SSSSSSSSSSSS. The second kappa shape index (κ2) is 15.9. The molecule has 0 bridgehead atoms. The van der Waals surface area contributed by atoms with E-state index in [1.54, 1.807) is 98.3 Å². The zero-order valence-electron chi connectivity index (χ0n) is 8.19. The molecule has 0 saturated heterocycles. The van der Waals surface area contributed by atoms with E-state index in [9.17, 15) is 0 Å². The van der Waals surface area contributed by atoms with Gasteiger partial charge < -0.3 is 0 Å². The van der Waals surface area contributed by atoms with Gasteiger partial charge in [0, 0.05) is 0 Å². The Morgan fingerprint density at radius 2 is 1.28 bits per heavy atom. The molecule has 0 heterocycles. The molecule has 0 aromatic carbocycles. The van der Waals surface area contributed by atoms with E-state index in [0.717, 1.165) is 0 Å². The summed E-state index contributed by atoms with van der Waals surface area (Å²) in [6.45, 7) is 1.95. The first-order valence-electron chi connectivity index (χ1n) is 3.24. The first kappa shape index (κ1) is 23.4. The normalized spacial score (nSPS) is 12.8. The van der Waals surface area contributed by atoms with Crippen LogP contribution < -0.4 is 0 Å². The predicted molar refractivity (Wildman–Crippen MR) is 133 cm³/mol. The van der Waals surface area contributed by atoms with E-state index in [2.05, 4.69) is 11.7 Å². The van der Waals surface area contributed by atoms with E-state index >= 15 is 0 Å². The monoisotopic (exact) mass is 538 g/mol. The van der Waals surface area contributed by atoms with Crippen molar-refractivity contribution in [2.75, 3.05) is 6.66 Å². The van der Waals surface area contributed by atoms with Crippen LogP contribution in [0, 0.1) is 0 Å². The first-order valence-corrected chi connectivity index (χ1v) is 24.9. The van der Waals surface area contributed by atoms with Crippen LogP contribution in [0.25, 0.3) is 0 Å². The van der Waals surface area contributed by atoms with Crippen molar-refractivity contribution in [2.24, 2.45) is 0 Å². The fourth-order valence-corrected chi connectivity index (χ4v) is 37.5. The van der Waals surface area contributed by atoms with Crippen molar-refractivity contribution in [3.63, 3.8) is 0 Å². The van der Waals surface area contributed by atoms with Crippen LogP contribution in [-0.4, -0.2) is 13.7 Å². The second-order valence-electron chi connectivity index (χ2n) is 1.73. The van der Waals surface area contributed by atoms with Gasteiger partial charge in [0.2, 0.25) is 0 Å². The van der Waals surface area contributed by atoms with Gasteiger partial charge in [-0.15, -0.1) is 0 Å². The van der Waals surface area contributed by atoms with Crippen LogP contribution in [0.5, 0.6) is 0 Å². The molecule has 0 fully saturated rings. The molecule has 0 aliphatic heterocycles. The van der Waals surface area contributed by atoms with Crippen molar-refractivity contribution in [3.05, 3.63) is 0 Å². The fourth-order valence-electron chi connectivity index (χ4n) is 0.186. The minimum Gasteiger partial charge on any atom is -0.0988 e. The standard InChI is InChI=1S/CH4BPS15/c1-3(2)18(5,6)17-16-15-14-13-12-11-10-9-8-7-4/h4H,1H3. The summed E-state index contributed by atoms with van der Waals surface area (Å²) in [6.07, 6.45) is -0.680. The van der Waals surface area contributed by atoms with Gasteiger partial charge in [-0.1, -0.05) is 11.7 Å². The quantitative estimate of drug-likeness (QED) is 0.0884. The molecule has 0 aliphatic rings. The molecule has 1 atom stereocenters. The van der Waals surface area contributed by atoms with Gasteiger partial charge in [-0.2, -0.15) is 0 Å². The topological polar surface area (TPSA) is 0 Å². The van der Waals surface area contributed by atoms with Crippen molar-refractivity contribution in [1.29, 1.82) is 0 Å². The van der Waals surface area contributed by atoms with Crippen LogP contribution >= 0.6 is 126 Å². The minimum atomic E-state index is -1.49. The van der Waals surface area contributed by atoms with E-state index in [4.69, 9.17) is 29.4 Å². The third kappa shape index (κ3) is 14.9. The molecule has 0 radical (unpaired) electrons. The van der Waals surface area contributed by atoms with E-state index in [0.29, 0.717) is 0 Å². The van der Waals surface area contributed by atoms with Gasteiger partial charge >= 0.3 is 147 Å². The molecule has 17 heteroatoms. The third-order valence-corrected chi connectivity index (χ3v) is 39.2. The number of rotatable bonds is 11. The van der Waals surface area contributed by atoms with Crippen LogP contribution in [0.4, 0.5) is 0 Å². The van der Waals surface area contributed by atoms with Crippen LogP contribution in [0.15, 0.2) is 0 Å². The van der Waals surface area contributed by atoms with Crippen LogP contribution in [-0.2, 0) is 28.2 Å². The van der Waals surface area contributed by atoms with Gasteiger partial charge in [-0.3, -0.25) is 0 Å². The molecular weight excluding hydrogens is 535 g/mol. The fraction of sp³-hybridized carbons (Fsp3) is 1.00. The molecule has 0 amide bonds. The van der Waals surface area contributed by atoms with E-state index < -0.39 is 12.2 Å². The molecular formula is CH4BPS15. The smallest absolute Gasteiger partial charge is 0.0988 e. The van der Waals surface area contributed by atoms with Crippen LogP contribution in [0.2, 0.25) is 0 Å². The van der Waals surface area contributed by atoms with Crippen LogP contribution in [0.1, 0.15) is 0 Å². The summed E-state index contributed by atoms with van der Waals surface area (Å²) >= 11 is 14.7. The molecule has 0 aliphatic carbocycles. The Morgan fingerprint density at radius 1 is 0.889 bits per heavy atom. The molecule has 0 aromatic heterocycles. The predicted octanol–water partition coefficient (Wildman–Crippen LogP) is 8.15. The summed E-state index contributed by atoms with van der Waals surface area (Å²) in [4.78, 5) is 0. The Labute approximate surface area is 165 Å². The van der Waals surface area contributed by atoms with Crippen molar-refractivity contribution in [1.82, 2.24) is 0 Å². The number of hydrogen-bond donors (Lipinski definition) is 1. The Bertz CT molecular complexity index is 348. The molecule has 18 heavy (non-hydrogen) atoms. The van der Waals surface area contributed by atoms with E-state index in [1.165, 1.54) is 9.83 Å². The Hall–Kier alpha value is 5.35.